The van der Waals surface area contributed by atoms with Crippen molar-refractivity contribution < 1.29 is 4.39 Å². The van der Waals surface area contributed by atoms with Crippen LogP contribution in [0.15, 0.2) is 41.8 Å². The fourth-order valence-corrected chi connectivity index (χ4v) is 2.52. The summed E-state index contributed by atoms with van der Waals surface area (Å²) in [5.41, 5.74) is 1.01. The summed E-state index contributed by atoms with van der Waals surface area (Å²) in [5, 5.41) is 5.92. The summed E-state index contributed by atoms with van der Waals surface area (Å²) >= 11 is 7.03. The Labute approximate surface area is 121 Å². The van der Waals surface area contributed by atoms with Crippen molar-refractivity contribution in [2.24, 2.45) is 0 Å². The molecule has 0 fully saturated rings. The Morgan fingerprint density at radius 3 is 2.68 bits per heavy atom. The third kappa shape index (κ3) is 4.29. The van der Waals surface area contributed by atoms with Gasteiger partial charge in [0.25, 0.3) is 0 Å². The first-order valence-corrected chi connectivity index (χ1v) is 7.20. The van der Waals surface area contributed by atoms with Gasteiger partial charge in [-0.15, -0.1) is 11.3 Å². The molecule has 0 amide bonds. The number of halogens is 1. The third-order valence-electron chi connectivity index (χ3n) is 2.68. The van der Waals surface area contributed by atoms with Gasteiger partial charge in [-0.1, -0.05) is 18.2 Å². The maximum atomic E-state index is 12.8. The van der Waals surface area contributed by atoms with E-state index in [4.69, 9.17) is 12.2 Å². The van der Waals surface area contributed by atoms with Gasteiger partial charge >= 0.3 is 0 Å². The van der Waals surface area contributed by atoms with Crippen LogP contribution in [0, 0.1) is 5.82 Å². The Morgan fingerprint density at radius 1 is 1.32 bits per heavy atom. The highest BCUT2D eigenvalue weighted by Gasteiger charge is 2.05. The average molecular weight is 294 g/mol. The number of nitrogens with one attached hydrogen (secondary N) is 1. The van der Waals surface area contributed by atoms with Crippen LogP contribution in [-0.4, -0.2) is 17.1 Å². The first-order valence-electron chi connectivity index (χ1n) is 5.91. The van der Waals surface area contributed by atoms with E-state index >= 15 is 0 Å². The van der Waals surface area contributed by atoms with Crippen LogP contribution in [0.3, 0.4) is 0 Å². The smallest absolute Gasteiger partial charge is 0.169 e. The van der Waals surface area contributed by atoms with Gasteiger partial charge in [-0.2, -0.15) is 0 Å². The monoisotopic (exact) mass is 294 g/mol. The maximum Gasteiger partial charge on any atom is 0.169 e. The first-order chi connectivity index (χ1) is 9.15. The Kier molecular flexibility index (Phi) is 4.87. The topological polar surface area (TPSA) is 15.3 Å². The van der Waals surface area contributed by atoms with Crippen LogP contribution in [0.4, 0.5) is 4.39 Å². The van der Waals surface area contributed by atoms with E-state index in [1.165, 1.54) is 17.0 Å². The van der Waals surface area contributed by atoms with Crippen molar-refractivity contribution in [2.45, 2.75) is 13.1 Å². The van der Waals surface area contributed by atoms with E-state index in [9.17, 15) is 4.39 Å². The zero-order valence-electron chi connectivity index (χ0n) is 10.6. The second-order valence-corrected chi connectivity index (χ2v) is 5.64. The van der Waals surface area contributed by atoms with Gasteiger partial charge < -0.3 is 10.2 Å². The fraction of sp³-hybridized carbons (Fsp3) is 0.214. The lowest BCUT2D eigenvalue weighted by Gasteiger charge is -2.20. The van der Waals surface area contributed by atoms with Crippen LogP contribution in [0.2, 0.25) is 0 Å². The van der Waals surface area contributed by atoms with Crippen LogP contribution < -0.4 is 5.32 Å². The molecule has 0 aliphatic carbocycles. The van der Waals surface area contributed by atoms with E-state index in [0.29, 0.717) is 11.7 Å². The van der Waals surface area contributed by atoms with Crippen molar-refractivity contribution in [1.82, 2.24) is 10.2 Å². The fourth-order valence-electron chi connectivity index (χ4n) is 1.62. The molecule has 0 unspecified atom stereocenters. The van der Waals surface area contributed by atoms with Gasteiger partial charge in [0.2, 0.25) is 0 Å². The van der Waals surface area contributed by atoms with Crippen LogP contribution >= 0.6 is 23.6 Å². The minimum Gasteiger partial charge on any atom is -0.358 e. The lowest BCUT2D eigenvalue weighted by Crippen LogP contribution is -2.35. The highest BCUT2D eigenvalue weighted by atomic mass is 32.1. The van der Waals surface area contributed by atoms with E-state index < -0.39 is 0 Å². The zero-order chi connectivity index (χ0) is 13.7. The number of thiocarbonyl (C=S) groups is 1. The molecule has 2 nitrogen and oxygen atoms in total. The summed E-state index contributed by atoms with van der Waals surface area (Å²) in [7, 11) is 1.96. The predicted octanol–water partition coefficient (Wildman–Crippen LogP) is 3.39. The molecule has 0 saturated heterocycles. The van der Waals surface area contributed by atoms with Gasteiger partial charge in [0.1, 0.15) is 5.82 Å². The quantitative estimate of drug-likeness (QED) is 0.870. The first kappa shape index (κ1) is 14.0. The number of hydrogen-bond acceptors (Lipinski definition) is 2. The standard InChI is InChI=1S/C14H15FN2S2/c1-17(10-13-3-2-8-19-13)14(18)16-9-11-4-6-12(15)7-5-11/h2-8H,9-10H2,1H3,(H,16,18). The molecule has 2 aromatic rings. The lowest BCUT2D eigenvalue weighted by atomic mass is 10.2. The van der Waals surface area contributed by atoms with Crippen molar-refractivity contribution in [2.75, 3.05) is 7.05 Å². The number of hydrogen-bond donors (Lipinski definition) is 1. The van der Waals surface area contributed by atoms with E-state index in [1.807, 2.05) is 18.0 Å². The SMILES string of the molecule is CN(Cc1cccs1)C(=S)NCc1ccc(F)cc1. The Hall–Kier alpha value is -1.46. The molecule has 0 spiro atoms. The normalized spacial score (nSPS) is 10.2. The minimum atomic E-state index is -0.221. The van der Waals surface area contributed by atoms with Crippen LogP contribution in [0.1, 0.15) is 10.4 Å². The molecule has 0 radical (unpaired) electrons. The maximum absolute atomic E-state index is 12.8. The summed E-state index contributed by atoms with van der Waals surface area (Å²) in [4.78, 5) is 3.26. The summed E-state index contributed by atoms with van der Waals surface area (Å²) in [5.74, 6) is -0.221. The number of nitrogens with zero attached hydrogens (tertiary/aromatic N) is 1. The molecule has 1 aromatic carbocycles. The molecule has 100 valence electrons. The Balaban J connectivity index is 1.82. The molecular formula is C14H15FN2S2. The Morgan fingerprint density at radius 2 is 2.05 bits per heavy atom. The molecule has 0 bridgehead atoms. The summed E-state index contributed by atoms with van der Waals surface area (Å²) in [6.07, 6.45) is 0. The average Bonchev–Trinajstić information content (AvgIpc) is 2.90. The van der Waals surface area contributed by atoms with Crippen LogP contribution in [-0.2, 0) is 13.1 Å². The van der Waals surface area contributed by atoms with E-state index in [1.54, 1.807) is 23.5 Å². The van der Waals surface area contributed by atoms with Gasteiger partial charge in [-0.3, -0.25) is 0 Å². The zero-order valence-corrected chi connectivity index (χ0v) is 12.2. The molecule has 5 heteroatoms. The molecule has 0 aliphatic rings. The van der Waals surface area contributed by atoms with Crippen molar-refractivity contribution in [3.05, 3.63) is 58.0 Å². The van der Waals surface area contributed by atoms with Crippen LogP contribution in [0.5, 0.6) is 0 Å². The second kappa shape index (κ2) is 6.63. The van der Waals surface area contributed by atoms with Gasteiger partial charge in [-0.05, 0) is 41.4 Å². The van der Waals surface area contributed by atoms with Crippen molar-refractivity contribution in [1.29, 1.82) is 0 Å². The molecule has 0 saturated carbocycles. The molecule has 2 rings (SSSR count). The Bertz CT molecular complexity index is 523. The number of thiophene rings is 1. The highest BCUT2D eigenvalue weighted by molar-refractivity contribution is 7.80. The molecule has 0 atom stereocenters. The molecular weight excluding hydrogens is 279 g/mol. The van der Waals surface area contributed by atoms with E-state index in [0.717, 1.165) is 12.1 Å². The second-order valence-electron chi connectivity index (χ2n) is 4.22. The van der Waals surface area contributed by atoms with Gasteiger partial charge in [0.05, 0.1) is 6.54 Å². The molecule has 1 heterocycles. The highest BCUT2D eigenvalue weighted by Crippen LogP contribution is 2.11. The van der Waals surface area contributed by atoms with E-state index in [2.05, 4.69) is 16.8 Å². The van der Waals surface area contributed by atoms with Gasteiger partial charge in [-0.25, -0.2) is 4.39 Å². The summed E-state index contributed by atoms with van der Waals surface area (Å²) in [6, 6.07) is 10.5. The van der Waals surface area contributed by atoms with Gasteiger partial charge in [0.15, 0.2) is 5.11 Å². The largest absolute Gasteiger partial charge is 0.358 e. The molecule has 19 heavy (non-hydrogen) atoms. The summed E-state index contributed by atoms with van der Waals surface area (Å²) in [6.45, 7) is 1.40. The predicted molar refractivity (Wildman–Crippen MR) is 81.6 cm³/mol. The van der Waals surface area contributed by atoms with Crippen LogP contribution in [0.25, 0.3) is 0 Å². The van der Waals surface area contributed by atoms with Gasteiger partial charge in [0, 0.05) is 18.5 Å². The number of rotatable bonds is 4. The summed E-state index contributed by atoms with van der Waals surface area (Å²) < 4.78 is 12.8. The van der Waals surface area contributed by atoms with Crippen molar-refractivity contribution >= 4 is 28.7 Å². The lowest BCUT2D eigenvalue weighted by molar-refractivity contribution is 0.493. The molecule has 1 N–H and O–H groups in total. The van der Waals surface area contributed by atoms with Crippen molar-refractivity contribution in [3.8, 4) is 0 Å². The van der Waals surface area contributed by atoms with E-state index in [-0.39, 0.29) is 5.82 Å². The third-order valence-corrected chi connectivity index (χ3v) is 3.99. The molecule has 1 aromatic heterocycles. The van der Waals surface area contributed by atoms with Crippen molar-refractivity contribution in [3.63, 3.8) is 0 Å². The molecule has 0 aliphatic heterocycles. The number of benzene rings is 1. The minimum absolute atomic E-state index is 0.221.